The molecule has 8 rings (SSSR count). The van der Waals surface area contributed by atoms with Crippen LogP contribution in [0.4, 0.5) is 11.4 Å². The van der Waals surface area contributed by atoms with E-state index in [2.05, 4.69) is 133 Å². The minimum atomic E-state index is -0.427. The first-order chi connectivity index (χ1) is 20.8. The summed E-state index contributed by atoms with van der Waals surface area (Å²) in [6.07, 6.45) is 9.15. The molecule has 0 saturated carbocycles. The Balaban J connectivity index is 1.29. The van der Waals surface area contributed by atoms with Crippen molar-refractivity contribution in [3.8, 4) is 34.1 Å². The number of nitrogens with zero attached hydrogens (tertiary/aromatic N) is 1. The Hall–Kier alpha value is -5.02. The zero-order valence-corrected chi connectivity index (χ0v) is 23.6. The van der Waals surface area contributed by atoms with Gasteiger partial charge in [0.15, 0.2) is 23.0 Å². The minimum absolute atomic E-state index is 0.427. The Kier molecular flexibility index (Phi) is 5.78. The van der Waals surface area contributed by atoms with Crippen LogP contribution >= 0.6 is 0 Å². The van der Waals surface area contributed by atoms with E-state index in [1.807, 2.05) is 12.1 Å². The molecule has 0 aromatic heterocycles. The molecule has 0 bridgehead atoms. The van der Waals surface area contributed by atoms with E-state index < -0.39 is 5.41 Å². The van der Waals surface area contributed by atoms with Gasteiger partial charge in [-0.15, -0.1) is 0 Å². The normalized spacial score (nSPS) is 17.6. The Bertz CT molecular complexity index is 1870. The van der Waals surface area contributed by atoms with Gasteiger partial charge in [0.05, 0.1) is 5.41 Å². The molecule has 0 fully saturated rings. The van der Waals surface area contributed by atoms with E-state index in [0.29, 0.717) is 0 Å². The summed E-state index contributed by atoms with van der Waals surface area (Å²) in [5, 5.41) is 0. The summed E-state index contributed by atoms with van der Waals surface area (Å²) in [5.74, 6) is 2.99. The summed E-state index contributed by atoms with van der Waals surface area (Å²) in [4.78, 5) is 2.28. The van der Waals surface area contributed by atoms with Crippen LogP contribution in [0.1, 0.15) is 36.5 Å². The highest BCUT2D eigenvalue weighted by Crippen LogP contribution is 2.62. The zero-order chi connectivity index (χ0) is 28.1. The SMILES string of the molecule is CCN(c1ccccc1)c1ccc2c(c1)Oc1ccc3c(c1O2)-c1ccccc1C3(C1=CCCC=C1)c1ccccc1. The molecule has 1 aliphatic heterocycles. The molecule has 0 radical (unpaired) electrons. The lowest BCUT2D eigenvalue weighted by Crippen LogP contribution is -2.29. The van der Waals surface area contributed by atoms with Crippen molar-refractivity contribution in [3.63, 3.8) is 0 Å². The number of ether oxygens (including phenoxy) is 2. The van der Waals surface area contributed by atoms with Crippen LogP contribution in [0.15, 0.2) is 139 Å². The molecule has 1 heterocycles. The summed E-state index contributed by atoms with van der Waals surface area (Å²) >= 11 is 0. The first-order valence-corrected chi connectivity index (χ1v) is 14.8. The summed E-state index contributed by atoms with van der Waals surface area (Å²) < 4.78 is 13.4. The second kappa shape index (κ2) is 9.81. The van der Waals surface area contributed by atoms with Crippen molar-refractivity contribution in [3.05, 3.63) is 156 Å². The van der Waals surface area contributed by atoms with Crippen molar-refractivity contribution in [2.24, 2.45) is 0 Å². The van der Waals surface area contributed by atoms with E-state index in [4.69, 9.17) is 9.47 Å². The first-order valence-electron chi connectivity index (χ1n) is 14.8. The molecule has 2 aliphatic carbocycles. The minimum Gasteiger partial charge on any atom is -0.449 e. The number of rotatable bonds is 5. The fraction of sp³-hybridized carbons (Fsp3) is 0.128. The van der Waals surface area contributed by atoms with Gasteiger partial charge in [-0.2, -0.15) is 0 Å². The molecule has 5 aromatic carbocycles. The fourth-order valence-electron chi connectivity index (χ4n) is 7.05. The molecule has 1 unspecified atom stereocenters. The van der Waals surface area contributed by atoms with E-state index >= 15 is 0 Å². The van der Waals surface area contributed by atoms with E-state index in [-0.39, 0.29) is 0 Å². The van der Waals surface area contributed by atoms with Crippen molar-refractivity contribution in [1.82, 2.24) is 0 Å². The number of allylic oxidation sites excluding steroid dienone is 4. The maximum absolute atomic E-state index is 6.79. The smallest absolute Gasteiger partial charge is 0.178 e. The molecule has 5 aromatic rings. The van der Waals surface area contributed by atoms with Crippen LogP contribution in [0.5, 0.6) is 23.0 Å². The van der Waals surface area contributed by atoms with E-state index in [9.17, 15) is 0 Å². The number of fused-ring (bicyclic) bond motifs is 6. The van der Waals surface area contributed by atoms with Crippen molar-refractivity contribution in [2.75, 3.05) is 11.4 Å². The Morgan fingerprint density at radius 2 is 1.43 bits per heavy atom. The fourth-order valence-corrected chi connectivity index (χ4v) is 7.05. The summed E-state index contributed by atoms with van der Waals surface area (Å²) in [7, 11) is 0. The van der Waals surface area contributed by atoms with Gasteiger partial charge in [-0.05, 0) is 77.9 Å². The monoisotopic (exact) mass is 545 g/mol. The highest BCUT2D eigenvalue weighted by Gasteiger charge is 2.48. The van der Waals surface area contributed by atoms with Crippen molar-refractivity contribution >= 4 is 11.4 Å². The van der Waals surface area contributed by atoms with Gasteiger partial charge in [0.1, 0.15) is 0 Å². The molecule has 0 saturated heterocycles. The Morgan fingerprint density at radius 3 is 2.21 bits per heavy atom. The van der Waals surface area contributed by atoms with Gasteiger partial charge in [-0.1, -0.05) is 97.1 Å². The molecule has 204 valence electrons. The molecular formula is C39H31NO2. The number of hydrogen-bond donors (Lipinski definition) is 0. The first kappa shape index (κ1) is 24.8. The van der Waals surface area contributed by atoms with Crippen molar-refractivity contribution in [1.29, 1.82) is 0 Å². The lowest BCUT2D eigenvalue weighted by molar-refractivity contribution is 0.360. The molecule has 0 amide bonds. The largest absolute Gasteiger partial charge is 0.449 e. The Morgan fingerprint density at radius 1 is 0.667 bits per heavy atom. The lowest BCUT2D eigenvalue weighted by atomic mass is 9.66. The van der Waals surface area contributed by atoms with Crippen LogP contribution in [0, 0.1) is 0 Å². The third-order valence-corrected chi connectivity index (χ3v) is 8.82. The van der Waals surface area contributed by atoms with Gasteiger partial charge in [-0.3, -0.25) is 0 Å². The second-order valence-electron chi connectivity index (χ2n) is 11.0. The average Bonchev–Trinajstić information content (AvgIpc) is 3.37. The van der Waals surface area contributed by atoms with Crippen LogP contribution in [-0.2, 0) is 5.41 Å². The van der Waals surface area contributed by atoms with Crippen LogP contribution in [-0.4, -0.2) is 6.54 Å². The number of para-hydroxylation sites is 1. The molecule has 0 spiro atoms. The maximum Gasteiger partial charge on any atom is 0.178 e. The third-order valence-electron chi connectivity index (χ3n) is 8.82. The summed E-state index contributed by atoms with van der Waals surface area (Å²) in [5.41, 5.74) is 9.18. The average molecular weight is 546 g/mol. The van der Waals surface area contributed by atoms with E-state index in [0.717, 1.165) is 59.3 Å². The second-order valence-corrected chi connectivity index (χ2v) is 11.0. The standard InChI is InChI=1S/C39H31NO2/c1-2-40(29-18-10-5-11-19-29)30-22-24-34-36(26-30)41-35-25-23-33-37(38(35)42-34)31-20-12-13-21-32(31)39(33,27-14-6-3-7-15-27)28-16-8-4-9-17-28/h3,5-8,10-26H,2,4,9H2,1H3. The van der Waals surface area contributed by atoms with Gasteiger partial charge in [0, 0.05) is 29.5 Å². The highest BCUT2D eigenvalue weighted by atomic mass is 16.6. The van der Waals surface area contributed by atoms with Gasteiger partial charge < -0.3 is 14.4 Å². The Labute approximate surface area is 247 Å². The summed E-state index contributed by atoms with van der Waals surface area (Å²) in [6, 6.07) is 40.7. The van der Waals surface area contributed by atoms with Crippen molar-refractivity contribution < 1.29 is 9.47 Å². The van der Waals surface area contributed by atoms with Gasteiger partial charge >= 0.3 is 0 Å². The molecule has 3 heteroatoms. The topological polar surface area (TPSA) is 21.7 Å². The predicted octanol–water partition coefficient (Wildman–Crippen LogP) is 10.3. The lowest BCUT2D eigenvalue weighted by Gasteiger charge is -2.36. The molecule has 0 N–H and O–H groups in total. The highest BCUT2D eigenvalue weighted by molar-refractivity contribution is 5.92. The molecule has 1 atom stereocenters. The molecule has 42 heavy (non-hydrogen) atoms. The number of anilines is 2. The third kappa shape index (κ3) is 3.60. The van der Waals surface area contributed by atoms with Crippen LogP contribution < -0.4 is 14.4 Å². The molecular weight excluding hydrogens is 514 g/mol. The van der Waals surface area contributed by atoms with E-state index in [1.165, 1.54) is 27.8 Å². The number of benzene rings is 5. The molecule has 3 nitrogen and oxygen atoms in total. The van der Waals surface area contributed by atoms with Gasteiger partial charge in [0.2, 0.25) is 0 Å². The van der Waals surface area contributed by atoms with Gasteiger partial charge in [0.25, 0.3) is 0 Å². The maximum atomic E-state index is 6.79. The van der Waals surface area contributed by atoms with E-state index in [1.54, 1.807) is 0 Å². The quantitative estimate of drug-likeness (QED) is 0.215. The van der Waals surface area contributed by atoms with Crippen molar-refractivity contribution in [2.45, 2.75) is 25.2 Å². The molecule has 3 aliphatic rings. The van der Waals surface area contributed by atoms with Crippen LogP contribution in [0.3, 0.4) is 0 Å². The zero-order valence-electron chi connectivity index (χ0n) is 23.6. The van der Waals surface area contributed by atoms with Crippen LogP contribution in [0.25, 0.3) is 11.1 Å². The van der Waals surface area contributed by atoms with Gasteiger partial charge in [-0.25, -0.2) is 0 Å². The predicted molar refractivity (Wildman–Crippen MR) is 170 cm³/mol. The summed E-state index contributed by atoms with van der Waals surface area (Å²) in [6.45, 7) is 3.01. The number of hydrogen-bond acceptors (Lipinski definition) is 3. The van der Waals surface area contributed by atoms with Crippen LogP contribution in [0.2, 0.25) is 0 Å².